The second-order valence-corrected chi connectivity index (χ2v) is 14.6. The van der Waals surface area contributed by atoms with Crippen LogP contribution in [0.2, 0.25) is 0 Å². The molecule has 6 rings (SSSR count). The number of guanidine groups is 1. The van der Waals surface area contributed by atoms with Gasteiger partial charge in [-0.1, -0.05) is 55.3 Å². The number of amides is 1. The quantitative estimate of drug-likeness (QED) is 0.0372. The summed E-state index contributed by atoms with van der Waals surface area (Å²) < 4.78 is 10.6. The normalized spacial score (nSPS) is 26.9. The van der Waals surface area contributed by atoms with Crippen LogP contribution in [-0.4, -0.2) is 90.4 Å². The molecule has 2 heterocycles. The molecule has 5 atom stereocenters. The number of carbonyl (C=O) groups excluding carboxylic acids is 6. The van der Waals surface area contributed by atoms with Gasteiger partial charge in [0.15, 0.2) is 28.5 Å². The van der Waals surface area contributed by atoms with Gasteiger partial charge in [0.05, 0.1) is 6.04 Å². The maximum Gasteiger partial charge on any atom is 0.323 e. The van der Waals surface area contributed by atoms with E-state index in [1.54, 1.807) is 0 Å². The second-order valence-electron chi connectivity index (χ2n) is 14.6. The number of aliphatic imine (C=N–C) groups is 1. The minimum absolute atomic E-state index is 0.0550. The first-order valence-electron chi connectivity index (χ1n) is 18.4. The van der Waals surface area contributed by atoms with Crippen molar-refractivity contribution in [2.24, 2.45) is 27.8 Å². The van der Waals surface area contributed by atoms with Gasteiger partial charge in [0.1, 0.15) is 19.5 Å². The number of carbonyl (C=O) groups is 6. The molecule has 3 unspecified atom stereocenters. The fraction of sp³-hybridized carbons (Fsp3) is 0.513. The van der Waals surface area contributed by atoms with Crippen LogP contribution >= 0.6 is 0 Å². The lowest BCUT2D eigenvalue weighted by Gasteiger charge is -2.52. The van der Waals surface area contributed by atoms with Gasteiger partial charge in [-0.2, -0.15) is 0 Å². The number of ketones is 2. The molecule has 282 valence electrons. The molecule has 1 amide bonds. The largest absolute Gasteiger partial charge is 0.463 e. The topological polar surface area (TPSA) is 213 Å². The van der Waals surface area contributed by atoms with Gasteiger partial charge in [-0.3, -0.25) is 38.7 Å². The molecule has 4 aliphatic rings. The number of likely N-dealkylation sites (tertiary alicyclic amines) is 1. The maximum absolute atomic E-state index is 15.1. The maximum atomic E-state index is 15.1. The summed E-state index contributed by atoms with van der Waals surface area (Å²) in [5, 5.41) is 6.50. The fourth-order valence-corrected chi connectivity index (χ4v) is 9.19. The molecular formula is C39H48N6O8. The van der Waals surface area contributed by atoms with E-state index >= 15 is 4.79 Å². The number of nitrogens with zero attached hydrogens (tertiary/aromatic N) is 2. The van der Waals surface area contributed by atoms with Crippen molar-refractivity contribution in [1.29, 1.82) is 0 Å². The van der Waals surface area contributed by atoms with E-state index in [4.69, 9.17) is 20.9 Å². The van der Waals surface area contributed by atoms with E-state index in [1.807, 2.05) is 35.2 Å². The summed E-state index contributed by atoms with van der Waals surface area (Å²) in [5.41, 5.74) is 8.33. The van der Waals surface area contributed by atoms with Gasteiger partial charge in [-0.05, 0) is 74.6 Å². The lowest BCUT2D eigenvalue weighted by molar-refractivity contribution is -0.155. The monoisotopic (exact) mass is 728 g/mol. The van der Waals surface area contributed by atoms with E-state index in [9.17, 15) is 24.0 Å². The average Bonchev–Trinajstić information content (AvgIpc) is 3.62. The Hall–Kier alpha value is -4.95. The number of rotatable bonds is 16. The SMILES string of the molecule is NC(N)=NCCC[C@H](NC(=O)[C@]12C(=O)C1(C(=O)OCc1ccccc1)CCN2C12CCCCC1CCCNC2)C(=O)c1ccc(COC=O)c(C=O)c1. The zero-order valence-electron chi connectivity index (χ0n) is 29.8. The Morgan fingerprint density at radius 3 is 2.58 bits per heavy atom. The van der Waals surface area contributed by atoms with Crippen LogP contribution in [0.1, 0.15) is 89.6 Å². The average molecular weight is 729 g/mol. The molecule has 2 aliphatic heterocycles. The third-order valence-electron chi connectivity index (χ3n) is 11.8. The molecule has 2 saturated carbocycles. The van der Waals surface area contributed by atoms with E-state index in [0.29, 0.717) is 31.4 Å². The van der Waals surface area contributed by atoms with Crippen LogP contribution in [0.25, 0.3) is 0 Å². The number of nitrogens with two attached hydrogens (primary N) is 2. The second kappa shape index (κ2) is 16.0. The third kappa shape index (κ3) is 6.85. The molecule has 14 heteroatoms. The van der Waals surface area contributed by atoms with Gasteiger partial charge in [0, 0.05) is 36.3 Å². The van der Waals surface area contributed by atoms with Crippen molar-refractivity contribution in [2.45, 2.75) is 88.1 Å². The smallest absolute Gasteiger partial charge is 0.323 e. The summed E-state index contributed by atoms with van der Waals surface area (Å²) in [7, 11) is 0. The molecule has 2 aliphatic carbocycles. The van der Waals surface area contributed by atoms with Crippen LogP contribution in [0.3, 0.4) is 0 Å². The standard InChI is InChI=1S/C39H48N6O8/c40-36(41)43-18-7-12-31(32(48)27-13-14-28(23-52-25-47)29(20-27)21-46)44-34(50)39-33(49)38(39,35(51)53-22-26-8-2-1-3-9-26)16-19-45(39)37-15-5-4-10-30(37)11-6-17-42-24-37/h1-3,8-9,13-14,20-21,25,30-31,42H,4-7,10-12,15-19,22-24H2,(H,44,50)(H4,40,41,43)/t30?,31-,37?,38?,39+/m0/s1. The number of nitrogens with one attached hydrogen (secondary N) is 2. The van der Waals surface area contributed by atoms with Crippen LogP contribution < -0.4 is 22.1 Å². The van der Waals surface area contributed by atoms with E-state index in [1.165, 1.54) is 18.2 Å². The first-order valence-corrected chi connectivity index (χ1v) is 18.4. The summed E-state index contributed by atoms with van der Waals surface area (Å²) in [6.45, 7) is 1.95. The van der Waals surface area contributed by atoms with Gasteiger partial charge >= 0.3 is 5.97 Å². The highest BCUT2D eigenvalue weighted by Gasteiger charge is 2.92. The number of piperidine rings is 1. The van der Waals surface area contributed by atoms with Crippen molar-refractivity contribution in [3.05, 3.63) is 70.8 Å². The van der Waals surface area contributed by atoms with E-state index in [0.717, 1.165) is 50.6 Å². The third-order valence-corrected chi connectivity index (χ3v) is 11.8. The Morgan fingerprint density at radius 2 is 1.83 bits per heavy atom. The summed E-state index contributed by atoms with van der Waals surface area (Å²) >= 11 is 0. The molecule has 2 aromatic rings. The Balaban J connectivity index is 1.36. The van der Waals surface area contributed by atoms with Gasteiger partial charge < -0.3 is 31.6 Å². The van der Waals surface area contributed by atoms with Crippen molar-refractivity contribution in [3.8, 4) is 0 Å². The first-order chi connectivity index (χ1) is 25.6. The zero-order valence-corrected chi connectivity index (χ0v) is 29.8. The lowest BCUT2D eigenvalue weighted by atomic mass is 9.69. The van der Waals surface area contributed by atoms with Crippen molar-refractivity contribution >= 4 is 42.2 Å². The van der Waals surface area contributed by atoms with E-state index in [-0.39, 0.29) is 62.1 Å². The summed E-state index contributed by atoms with van der Waals surface area (Å²) in [6, 6.07) is 12.4. The van der Waals surface area contributed by atoms with Gasteiger partial charge in [-0.25, -0.2) is 0 Å². The molecule has 0 bridgehead atoms. The Labute approximate surface area is 308 Å². The minimum Gasteiger partial charge on any atom is -0.463 e. The Kier molecular flexibility index (Phi) is 11.4. The van der Waals surface area contributed by atoms with Crippen LogP contribution in [0, 0.1) is 11.3 Å². The molecule has 2 aromatic carbocycles. The molecule has 14 nitrogen and oxygen atoms in total. The van der Waals surface area contributed by atoms with Crippen LogP contribution in [-0.2, 0) is 41.9 Å². The molecule has 4 fully saturated rings. The number of esters is 1. The highest BCUT2D eigenvalue weighted by molar-refractivity contribution is 6.38. The fourth-order valence-electron chi connectivity index (χ4n) is 9.19. The highest BCUT2D eigenvalue weighted by Crippen LogP contribution is 2.67. The number of hydrogen-bond donors (Lipinski definition) is 4. The van der Waals surface area contributed by atoms with Crippen LogP contribution in [0.4, 0.5) is 0 Å². The number of hydrogen-bond acceptors (Lipinski definition) is 11. The van der Waals surface area contributed by atoms with Crippen LogP contribution in [0.5, 0.6) is 0 Å². The van der Waals surface area contributed by atoms with Crippen LogP contribution in [0.15, 0.2) is 53.5 Å². The highest BCUT2D eigenvalue weighted by atomic mass is 16.5. The predicted molar refractivity (Wildman–Crippen MR) is 193 cm³/mol. The number of benzene rings is 2. The number of Topliss-reactive ketones (excluding diaryl/α,β-unsaturated/α-hetero) is 2. The molecule has 6 N–H and O–H groups in total. The van der Waals surface area contributed by atoms with Gasteiger partial charge in [0.2, 0.25) is 0 Å². The summed E-state index contributed by atoms with van der Waals surface area (Å²) in [4.78, 5) is 86.9. The van der Waals surface area contributed by atoms with Crippen molar-refractivity contribution in [2.75, 3.05) is 26.2 Å². The van der Waals surface area contributed by atoms with Gasteiger partial charge in [0.25, 0.3) is 12.4 Å². The summed E-state index contributed by atoms with van der Waals surface area (Å²) in [6.07, 6.45) is 6.65. The van der Waals surface area contributed by atoms with Gasteiger partial charge in [-0.15, -0.1) is 0 Å². The Bertz CT molecular complexity index is 1770. The lowest BCUT2D eigenvalue weighted by Crippen LogP contribution is -2.67. The van der Waals surface area contributed by atoms with E-state index < -0.39 is 46.0 Å². The molecule has 0 spiro atoms. The number of aldehydes is 1. The number of fused-ring (bicyclic) bond motifs is 2. The molecule has 0 radical (unpaired) electrons. The van der Waals surface area contributed by atoms with Crippen molar-refractivity contribution in [3.63, 3.8) is 0 Å². The molecule has 2 saturated heterocycles. The van der Waals surface area contributed by atoms with Crippen molar-refractivity contribution in [1.82, 2.24) is 15.5 Å². The molecular weight excluding hydrogens is 680 g/mol. The number of ether oxygens (including phenoxy) is 2. The predicted octanol–water partition coefficient (Wildman–Crippen LogP) is 1.96. The minimum atomic E-state index is -1.87. The zero-order chi connectivity index (χ0) is 37.6. The van der Waals surface area contributed by atoms with Crippen molar-refractivity contribution < 1.29 is 38.2 Å². The molecule has 0 aromatic heterocycles. The van der Waals surface area contributed by atoms with E-state index in [2.05, 4.69) is 15.6 Å². The molecule has 53 heavy (non-hydrogen) atoms. The first kappa shape index (κ1) is 37.8. The Morgan fingerprint density at radius 1 is 1.04 bits per heavy atom. The summed E-state index contributed by atoms with van der Waals surface area (Å²) in [5.74, 6) is -2.39.